The van der Waals surface area contributed by atoms with Crippen LogP contribution in [0.25, 0.3) is 0 Å². The molecule has 7 aromatic carbocycles. The molecule has 0 bridgehead atoms. The molecule has 0 aliphatic rings. The molecule has 0 heterocycles. The van der Waals surface area contributed by atoms with Crippen molar-refractivity contribution < 1.29 is 14.3 Å². The second-order valence-corrected chi connectivity index (χ2v) is 11.9. The van der Waals surface area contributed by atoms with E-state index in [1.165, 1.54) is 0 Å². The first-order valence-corrected chi connectivity index (χ1v) is 16.5. The Morgan fingerprint density at radius 1 is 0.400 bits per heavy atom. The zero-order valence-electron chi connectivity index (χ0n) is 27.9. The molecule has 0 amide bonds. The van der Waals surface area contributed by atoms with Gasteiger partial charge in [0.2, 0.25) is 0 Å². The van der Waals surface area contributed by atoms with Crippen LogP contribution in [0.4, 0.5) is 34.1 Å². The van der Waals surface area contributed by atoms with Crippen molar-refractivity contribution in [2.45, 2.75) is 6.92 Å². The van der Waals surface area contributed by atoms with E-state index < -0.39 is 0 Å². The van der Waals surface area contributed by atoms with Crippen LogP contribution in [0.1, 0.15) is 21.5 Å². The lowest BCUT2D eigenvalue weighted by Gasteiger charge is -2.28. The summed E-state index contributed by atoms with van der Waals surface area (Å²) in [4.78, 5) is 17.4. The van der Waals surface area contributed by atoms with Crippen LogP contribution >= 0.6 is 0 Å². The first-order chi connectivity index (χ1) is 24.6. The quantitative estimate of drug-likeness (QED) is 0.130. The van der Waals surface area contributed by atoms with Gasteiger partial charge in [-0.1, -0.05) is 66.2 Å². The van der Waals surface area contributed by atoms with Crippen LogP contribution in [0.15, 0.2) is 182 Å². The monoisotopic (exact) mass is 652 g/mol. The second kappa shape index (κ2) is 14.7. The van der Waals surface area contributed by atoms with E-state index in [1.807, 2.05) is 104 Å². The van der Waals surface area contributed by atoms with Gasteiger partial charge in [-0.15, -0.1) is 0 Å². The molecule has 0 saturated heterocycles. The highest BCUT2D eigenvalue weighted by Gasteiger charge is 2.16. The van der Waals surface area contributed by atoms with Crippen LogP contribution < -0.4 is 19.3 Å². The molecule has 0 N–H and O–H groups in total. The maximum absolute atomic E-state index is 12.9. The van der Waals surface area contributed by atoms with E-state index in [4.69, 9.17) is 9.47 Å². The van der Waals surface area contributed by atoms with Gasteiger partial charge in [0.1, 0.15) is 17.2 Å². The molecule has 5 nitrogen and oxygen atoms in total. The number of rotatable bonds is 11. The molecule has 244 valence electrons. The van der Waals surface area contributed by atoms with Gasteiger partial charge >= 0.3 is 0 Å². The van der Waals surface area contributed by atoms with E-state index in [9.17, 15) is 4.79 Å². The number of aryl methyl sites for hydroxylation is 1. The van der Waals surface area contributed by atoms with Crippen molar-refractivity contribution in [3.05, 3.63) is 199 Å². The van der Waals surface area contributed by atoms with Crippen molar-refractivity contribution in [2.24, 2.45) is 0 Å². The maximum atomic E-state index is 12.9. The minimum atomic E-state index is -0.0107. The number of para-hydroxylation sites is 2. The Hall–Kier alpha value is -6.59. The summed E-state index contributed by atoms with van der Waals surface area (Å²) in [5.41, 5.74) is 8.60. The third-order valence-electron chi connectivity index (χ3n) is 8.49. The Labute approximate surface area is 293 Å². The molecule has 50 heavy (non-hydrogen) atoms. The maximum Gasteiger partial charge on any atom is 0.193 e. The standard InChI is InChI=1S/C45H36N2O3/c1-33-13-15-34(16-14-33)45(48)35-17-27-43(28-18-35)50-44-31-25-41(26-32-44)47(37-11-7-4-8-12-37)39-21-19-38(20-22-39)46(36-9-5-3-6-10-36)40-23-29-42(49-2)30-24-40/h3-32H,1-2H3. The fourth-order valence-corrected chi connectivity index (χ4v) is 5.88. The van der Waals surface area contributed by atoms with Gasteiger partial charge in [0.15, 0.2) is 5.78 Å². The van der Waals surface area contributed by atoms with Crippen LogP contribution in [-0.2, 0) is 0 Å². The van der Waals surface area contributed by atoms with Crippen LogP contribution in [0.2, 0.25) is 0 Å². The van der Waals surface area contributed by atoms with Crippen LogP contribution in [0.5, 0.6) is 17.2 Å². The fraction of sp³-hybridized carbons (Fsp3) is 0.0444. The molecule has 7 rings (SSSR count). The number of anilines is 6. The predicted octanol–water partition coefficient (Wildman–Crippen LogP) is 12.0. The molecule has 0 aromatic heterocycles. The lowest BCUT2D eigenvalue weighted by atomic mass is 10.0. The van der Waals surface area contributed by atoms with Crippen molar-refractivity contribution in [3.8, 4) is 17.2 Å². The van der Waals surface area contributed by atoms with Gasteiger partial charge < -0.3 is 19.3 Å². The number of nitrogens with zero attached hydrogens (tertiary/aromatic N) is 2. The summed E-state index contributed by atoms with van der Waals surface area (Å²) >= 11 is 0. The average molecular weight is 653 g/mol. The van der Waals surface area contributed by atoms with E-state index >= 15 is 0 Å². The Kier molecular flexibility index (Phi) is 9.38. The molecule has 0 radical (unpaired) electrons. The first kappa shape index (κ1) is 32.0. The van der Waals surface area contributed by atoms with Crippen molar-refractivity contribution in [3.63, 3.8) is 0 Å². The molecular weight excluding hydrogens is 617 g/mol. The summed E-state index contributed by atoms with van der Waals surface area (Å²) in [6.07, 6.45) is 0. The second-order valence-electron chi connectivity index (χ2n) is 11.9. The number of ketones is 1. The van der Waals surface area contributed by atoms with Gasteiger partial charge in [-0.2, -0.15) is 0 Å². The highest BCUT2D eigenvalue weighted by atomic mass is 16.5. The number of hydrogen-bond acceptors (Lipinski definition) is 5. The lowest BCUT2D eigenvalue weighted by Crippen LogP contribution is -2.12. The third kappa shape index (κ3) is 7.13. The number of benzene rings is 7. The molecule has 0 spiro atoms. The lowest BCUT2D eigenvalue weighted by molar-refractivity contribution is 0.103. The van der Waals surface area contributed by atoms with Crippen LogP contribution in [0.3, 0.4) is 0 Å². The number of methoxy groups -OCH3 is 1. The minimum absolute atomic E-state index is 0.0107. The third-order valence-corrected chi connectivity index (χ3v) is 8.49. The van der Waals surface area contributed by atoms with E-state index in [1.54, 1.807) is 19.2 Å². The van der Waals surface area contributed by atoms with Crippen molar-refractivity contribution >= 4 is 39.9 Å². The highest BCUT2D eigenvalue weighted by molar-refractivity contribution is 6.09. The van der Waals surface area contributed by atoms with E-state index in [-0.39, 0.29) is 5.78 Å². The molecule has 0 atom stereocenters. The Balaban J connectivity index is 1.13. The molecule has 0 aliphatic heterocycles. The molecule has 0 aliphatic carbocycles. The van der Waals surface area contributed by atoms with Crippen molar-refractivity contribution in [2.75, 3.05) is 16.9 Å². The Bertz CT molecular complexity index is 2150. The highest BCUT2D eigenvalue weighted by Crippen LogP contribution is 2.39. The van der Waals surface area contributed by atoms with Gasteiger partial charge in [-0.25, -0.2) is 0 Å². The normalized spacial score (nSPS) is 10.7. The summed E-state index contributed by atoms with van der Waals surface area (Å²) in [6.45, 7) is 2.01. The smallest absolute Gasteiger partial charge is 0.193 e. The molecular formula is C45H36N2O3. The summed E-state index contributed by atoms with van der Waals surface area (Å²) in [5, 5.41) is 0. The van der Waals surface area contributed by atoms with Crippen LogP contribution in [-0.4, -0.2) is 12.9 Å². The van der Waals surface area contributed by atoms with Gasteiger partial charge in [0, 0.05) is 45.3 Å². The number of carbonyl (C=O) groups is 1. The molecule has 0 saturated carbocycles. The average Bonchev–Trinajstić information content (AvgIpc) is 3.18. The van der Waals surface area contributed by atoms with Gasteiger partial charge in [0.25, 0.3) is 0 Å². The first-order valence-electron chi connectivity index (χ1n) is 16.5. The Morgan fingerprint density at radius 2 is 0.720 bits per heavy atom. The summed E-state index contributed by atoms with van der Waals surface area (Å²) in [6, 6.07) is 60.3. The number of carbonyl (C=O) groups excluding carboxylic acids is 1. The van der Waals surface area contributed by atoms with E-state index in [2.05, 4.69) is 82.6 Å². The van der Waals surface area contributed by atoms with Crippen molar-refractivity contribution in [1.82, 2.24) is 0 Å². The van der Waals surface area contributed by atoms with Gasteiger partial charge in [-0.3, -0.25) is 4.79 Å². The van der Waals surface area contributed by atoms with Gasteiger partial charge in [-0.05, 0) is 128 Å². The molecule has 5 heteroatoms. The van der Waals surface area contributed by atoms with Crippen LogP contribution in [0, 0.1) is 6.92 Å². The summed E-state index contributed by atoms with van der Waals surface area (Å²) in [5.74, 6) is 2.17. The zero-order chi connectivity index (χ0) is 34.3. The summed E-state index contributed by atoms with van der Waals surface area (Å²) in [7, 11) is 1.68. The SMILES string of the molecule is COc1ccc(N(c2ccccc2)c2ccc(N(c3ccccc3)c3ccc(Oc4ccc(C(=O)c5ccc(C)cc5)cc4)cc3)cc2)cc1. The van der Waals surface area contributed by atoms with E-state index in [0.29, 0.717) is 22.6 Å². The Morgan fingerprint density at radius 3 is 1.12 bits per heavy atom. The zero-order valence-corrected chi connectivity index (χ0v) is 27.9. The predicted molar refractivity (Wildman–Crippen MR) is 203 cm³/mol. The fourth-order valence-electron chi connectivity index (χ4n) is 5.88. The topological polar surface area (TPSA) is 42.0 Å². The minimum Gasteiger partial charge on any atom is -0.497 e. The largest absolute Gasteiger partial charge is 0.497 e. The number of hydrogen-bond donors (Lipinski definition) is 0. The van der Waals surface area contributed by atoms with Gasteiger partial charge in [0.05, 0.1) is 7.11 Å². The molecule has 7 aromatic rings. The van der Waals surface area contributed by atoms with Crippen molar-refractivity contribution in [1.29, 1.82) is 0 Å². The number of ether oxygens (including phenoxy) is 2. The summed E-state index contributed by atoms with van der Waals surface area (Å²) < 4.78 is 11.6. The van der Waals surface area contributed by atoms with E-state index in [0.717, 1.165) is 45.4 Å². The molecule has 0 fully saturated rings. The molecule has 0 unspecified atom stereocenters.